The minimum atomic E-state index is -0.748. The molecule has 0 atom stereocenters. The molecule has 29 heavy (non-hydrogen) atoms. The van der Waals surface area contributed by atoms with Gasteiger partial charge in [0.2, 0.25) is 0 Å². The maximum absolute atomic E-state index is 10.8. The average molecular weight is 437 g/mol. The summed E-state index contributed by atoms with van der Waals surface area (Å²) in [5.74, 6) is 0.804. The summed E-state index contributed by atoms with van der Waals surface area (Å²) in [6, 6.07) is 5.96. The lowest BCUT2D eigenvalue weighted by molar-refractivity contribution is -0.137. The number of carbonyl (C=O) groups is 1. The summed E-state index contributed by atoms with van der Waals surface area (Å²) in [6.07, 6.45) is 5.20. The predicted molar refractivity (Wildman–Crippen MR) is 110 cm³/mol. The van der Waals surface area contributed by atoms with E-state index in [1.165, 1.54) is 5.56 Å². The number of likely N-dealkylation sites (tertiary alicyclic amines) is 1. The maximum atomic E-state index is 10.8. The van der Waals surface area contributed by atoms with Gasteiger partial charge in [0.25, 0.3) is 0 Å². The van der Waals surface area contributed by atoms with Crippen LogP contribution in [0.5, 0.6) is 11.5 Å². The number of piperidine rings is 1. The van der Waals surface area contributed by atoms with Crippen LogP contribution in [0.25, 0.3) is 0 Å². The van der Waals surface area contributed by atoms with Gasteiger partial charge in [-0.2, -0.15) is 0 Å². The second-order valence-corrected chi connectivity index (χ2v) is 8.40. The van der Waals surface area contributed by atoms with Gasteiger partial charge in [-0.25, -0.2) is 0 Å². The number of benzene rings is 1. The number of pyridine rings is 1. The molecule has 0 aliphatic carbocycles. The Labute approximate surface area is 179 Å². The molecule has 0 amide bonds. The molecule has 0 radical (unpaired) electrons. The van der Waals surface area contributed by atoms with E-state index in [0.29, 0.717) is 34.5 Å². The number of hydrogen-bond donors (Lipinski definition) is 1. The Bertz CT molecular complexity index is 893. The Balaban J connectivity index is 1.41. The topological polar surface area (TPSA) is 71.9 Å². The Morgan fingerprint density at radius 2 is 1.97 bits per heavy atom. The van der Waals surface area contributed by atoms with Crippen molar-refractivity contribution in [2.24, 2.45) is 0 Å². The first kappa shape index (κ1) is 20.3. The molecule has 4 rings (SSSR count). The van der Waals surface area contributed by atoms with Crippen molar-refractivity contribution in [3.63, 3.8) is 0 Å². The Morgan fingerprint density at radius 3 is 2.66 bits per heavy atom. The van der Waals surface area contributed by atoms with Crippen molar-refractivity contribution >= 4 is 29.2 Å². The van der Waals surface area contributed by atoms with Crippen LogP contribution in [0.4, 0.5) is 0 Å². The lowest BCUT2D eigenvalue weighted by atomic mass is 9.74. The van der Waals surface area contributed by atoms with E-state index < -0.39 is 5.97 Å². The van der Waals surface area contributed by atoms with Gasteiger partial charge < -0.3 is 19.5 Å². The van der Waals surface area contributed by atoms with Crippen LogP contribution in [0.1, 0.15) is 30.4 Å². The summed E-state index contributed by atoms with van der Waals surface area (Å²) < 4.78 is 11.9. The highest BCUT2D eigenvalue weighted by Gasteiger charge is 2.43. The fraction of sp³-hybridized carbons (Fsp3) is 0.429. The molecule has 1 saturated heterocycles. The van der Waals surface area contributed by atoms with E-state index in [0.717, 1.165) is 31.7 Å². The summed E-state index contributed by atoms with van der Waals surface area (Å²) in [5, 5.41) is 9.83. The van der Waals surface area contributed by atoms with Gasteiger partial charge in [-0.3, -0.25) is 9.78 Å². The zero-order chi connectivity index (χ0) is 20.4. The Kier molecular flexibility index (Phi) is 5.86. The predicted octanol–water partition coefficient (Wildman–Crippen LogP) is 4.17. The van der Waals surface area contributed by atoms with Crippen molar-refractivity contribution < 1.29 is 19.4 Å². The molecular formula is C21H22Cl2N2O4. The highest BCUT2D eigenvalue weighted by Crippen LogP contribution is 2.46. The highest BCUT2D eigenvalue weighted by molar-refractivity contribution is 6.35. The number of ether oxygens (including phenoxy) is 2. The second kappa shape index (κ2) is 8.38. The molecule has 6 nitrogen and oxygen atoms in total. The molecular weight excluding hydrogens is 415 g/mol. The van der Waals surface area contributed by atoms with Gasteiger partial charge in [-0.05, 0) is 32.0 Å². The first-order valence-corrected chi connectivity index (χ1v) is 10.3. The van der Waals surface area contributed by atoms with Crippen molar-refractivity contribution in [1.29, 1.82) is 0 Å². The minimum absolute atomic E-state index is 0.00526. The van der Waals surface area contributed by atoms with E-state index in [2.05, 4.69) is 16.0 Å². The van der Waals surface area contributed by atoms with E-state index in [9.17, 15) is 4.79 Å². The molecule has 8 heteroatoms. The number of aromatic nitrogens is 1. The number of rotatable bonds is 6. The smallest absolute Gasteiger partial charge is 0.304 e. The Morgan fingerprint density at radius 1 is 1.24 bits per heavy atom. The van der Waals surface area contributed by atoms with Gasteiger partial charge in [0, 0.05) is 41.5 Å². The van der Waals surface area contributed by atoms with Gasteiger partial charge in [0.1, 0.15) is 18.1 Å². The van der Waals surface area contributed by atoms with E-state index >= 15 is 0 Å². The van der Waals surface area contributed by atoms with Crippen molar-refractivity contribution in [1.82, 2.24) is 9.88 Å². The molecule has 1 fully saturated rings. The van der Waals surface area contributed by atoms with E-state index in [1.807, 2.05) is 12.1 Å². The van der Waals surface area contributed by atoms with Crippen LogP contribution in [0.2, 0.25) is 10.0 Å². The number of carboxylic acids is 1. The molecule has 3 heterocycles. The van der Waals surface area contributed by atoms with Crippen molar-refractivity contribution in [3.8, 4) is 11.5 Å². The fourth-order valence-electron chi connectivity index (χ4n) is 4.05. The average Bonchev–Trinajstić information content (AvgIpc) is 3.05. The quantitative estimate of drug-likeness (QED) is 0.732. The molecule has 0 bridgehead atoms. The van der Waals surface area contributed by atoms with Crippen LogP contribution in [-0.4, -0.2) is 47.2 Å². The summed E-state index contributed by atoms with van der Waals surface area (Å²) in [7, 11) is 0. The van der Waals surface area contributed by atoms with Crippen LogP contribution in [0.3, 0.4) is 0 Å². The zero-order valence-corrected chi connectivity index (χ0v) is 17.4. The van der Waals surface area contributed by atoms with Crippen LogP contribution in [0, 0.1) is 0 Å². The highest BCUT2D eigenvalue weighted by atomic mass is 35.5. The number of aliphatic carboxylic acids is 1. The molecule has 0 unspecified atom stereocenters. The molecule has 1 aromatic carbocycles. The first-order chi connectivity index (χ1) is 14.0. The summed E-state index contributed by atoms with van der Waals surface area (Å²) in [4.78, 5) is 17.0. The van der Waals surface area contributed by atoms with E-state index in [-0.39, 0.29) is 18.4 Å². The largest absolute Gasteiger partial charge is 0.492 e. The number of fused-ring (bicyclic) bond motifs is 2. The van der Waals surface area contributed by atoms with Crippen LogP contribution < -0.4 is 9.47 Å². The van der Waals surface area contributed by atoms with Crippen molar-refractivity contribution in [2.75, 3.05) is 26.2 Å². The second-order valence-electron chi connectivity index (χ2n) is 7.58. The Hall–Kier alpha value is -2.02. The third kappa shape index (κ3) is 4.29. The first-order valence-electron chi connectivity index (χ1n) is 9.59. The van der Waals surface area contributed by atoms with Crippen LogP contribution >= 0.6 is 23.2 Å². The lowest BCUT2D eigenvalue weighted by Crippen LogP contribution is -2.44. The molecule has 154 valence electrons. The van der Waals surface area contributed by atoms with E-state index in [4.69, 9.17) is 37.8 Å². The van der Waals surface area contributed by atoms with Gasteiger partial charge in [-0.1, -0.05) is 29.3 Å². The molecule has 2 aliphatic heterocycles. The standard InChI is InChI=1S/C21H22Cl2N2O4/c22-17-10-24-11-18(23)15(17)12-28-14-1-2-16-19(9-14)29-13-21(16)4-7-25(8-5-21)6-3-20(26)27/h1-2,9-11H,3-8,12-13H2,(H,26,27). The fourth-order valence-corrected chi connectivity index (χ4v) is 4.52. The number of halogens is 2. The molecule has 2 aliphatic rings. The summed E-state index contributed by atoms with van der Waals surface area (Å²) >= 11 is 12.3. The lowest BCUT2D eigenvalue weighted by Gasteiger charge is -2.38. The van der Waals surface area contributed by atoms with Gasteiger partial charge in [-0.15, -0.1) is 0 Å². The number of hydrogen-bond acceptors (Lipinski definition) is 5. The molecule has 1 aromatic heterocycles. The SMILES string of the molecule is O=C(O)CCN1CCC2(CC1)COc1cc(OCc3c(Cl)cncc3Cl)ccc12. The monoisotopic (exact) mass is 436 g/mol. The molecule has 2 aromatic rings. The van der Waals surface area contributed by atoms with Crippen LogP contribution in [0.15, 0.2) is 30.6 Å². The molecule has 1 spiro atoms. The summed E-state index contributed by atoms with van der Waals surface area (Å²) in [6.45, 7) is 3.27. The maximum Gasteiger partial charge on any atom is 0.304 e. The van der Waals surface area contributed by atoms with Gasteiger partial charge in [0.05, 0.1) is 23.1 Å². The zero-order valence-electron chi connectivity index (χ0n) is 15.9. The molecule has 1 N–H and O–H groups in total. The van der Waals surface area contributed by atoms with Gasteiger partial charge >= 0.3 is 5.97 Å². The normalized spacial score (nSPS) is 17.7. The minimum Gasteiger partial charge on any atom is -0.492 e. The van der Waals surface area contributed by atoms with Gasteiger partial charge in [0.15, 0.2) is 0 Å². The summed E-state index contributed by atoms with van der Waals surface area (Å²) in [5.41, 5.74) is 1.92. The number of carboxylic acid groups (broad SMARTS) is 1. The van der Waals surface area contributed by atoms with Crippen molar-refractivity contribution in [3.05, 3.63) is 51.8 Å². The third-order valence-electron chi connectivity index (χ3n) is 5.82. The number of nitrogens with zero attached hydrogens (tertiary/aromatic N) is 2. The molecule has 0 saturated carbocycles. The van der Waals surface area contributed by atoms with Crippen molar-refractivity contribution in [2.45, 2.75) is 31.3 Å². The van der Waals surface area contributed by atoms with Crippen LogP contribution in [-0.2, 0) is 16.8 Å². The van der Waals surface area contributed by atoms with E-state index in [1.54, 1.807) is 12.4 Å². The third-order valence-corrected chi connectivity index (χ3v) is 6.47.